The van der Waals surface area contributed by atoms with Crippen LogP contribution >= 0.6 is 0 Å². The summed E-state index contributed by atoms with van der Waals surface area (Å²) in [5.74, 6) is 4.88. The average molecular weight is 262 g/mol. The van der Waals surface area contributed by atoms with Crippen molar-refractivity contribution in [2.45, 2.75) is 13.3 Å². The molecular weight excluding hydrogens is 248 g/mol. The second-order valence-electron chi connectivity index (χ2n) is 3.51. The van der Waals surface area contributed by atoms with Crippen molar-refractivity contribution in [3.63, 3.8) is 0 Å². The molecule has 19 heavy (non-hydrogen) atoms. The first kappa shape index (κ1) is 14.6. The molecule has 5 heteroatoms. The van der Waals surface area contributed by atoms with Gasteiger partial charge in [0.05, 0.1) is 13.7 Å². The van der Waals surface area contributed by atoms with Gasteiger partial charge in [-0.3, -0.25) is 9.59 Å². The summed E-state index contributed by atoms with van der Waals surface area (Å²) in [5.41, 5.74) is 0.614. The lowest BCUT2D eigenvalue weighted by Crippen LogP contribution is -2.01. The molecule has 0 saturated carbocycles. The Morgan fingerprint density at radius 1 is 1.47 bits per heavy atom. The van der Waals surface area contributed by atoms with Gasteiger partial charge in [-0.05, 0) is 13.0 Å². The highest BCUT2D eigenvalue weighted by Gasteiger charge is 2.07. The van der Waals surface area contributed by atoms with Crippen molar-refractivity contribution in [1.82, 2.24) is 0 Å². The van der Waals surface area contributed by atoms with Gasteiger partial charge in [0.2, 0.25) is 0 Å². The molecule has 1 N–H and O–H groups in total. The van der Waals surface area contributed by atoms with Gasteiger partial charge in [0.1, 0.15) is 6.42 Å². The second-order valence-corrected chi connectivity index (χ2v) is 3.51. The molecule has 1 rings (SSSR count). The number of aromatic hydroxyl groups is 1. The minimum absolute atomic E-state index is 0.0705. The van der Waals surface area contributed by atoms with Crippen molar-refractivity contribution in [3.05, 3.63) is 23.3 Å². The summed E-state index contributed by atoms with van der Waals surface area (Å²) in [6.45, 7) is 2.00. The zero-order valence-electron chi connectivity index (χ0n) is 10.7. The van der Waals surface area contributed by atoms with E-state index in [0.717, 1.165) is 0 Å². The quantitative estimate of drug-likeness (QED) is 0.506. The van der Waals surface area contributed by atoms with Crippen molar-refractivity contribution in [2.75, 3.05) is 13.7 Å². The summed E-state index contributed by atoms with van der Waals surface area (Å²) in [4.78, 5) is 22.0. The van der Waals surface area contributed by atoms with Crippen LogP contribution in [-0.4, -0.2) is 31.1 Å². The van der Waals surface area contributed by atoms with Crippen LogP contribution in [0.3, 0.4) is 0 Å². The number of phenolic OH excluding ortho intramolecular Hbond substituents is 1. The Morgan fingerprint density at radius 2 is 2.21 bits per heavy atom. The predicted molar refractivity (Wildman–Crippen MR) is 68.2 cm³/mol. The number of hydrogen-bond donors (Lipinski definition) is 1. The molecule has 0 atom stereocenters. The highest BCUT2D eigenvalue weighted by atomic mass is 16.5. The van der Waals surface area contributed by atoms with E-state index in [0.29, 0.717) is 18.5 Å². The van der Waals surface area contributed by atoms with Crippen molar-refractivity contribution in [2.24, 2.45) is 0 Å². The van der Waals surface area contributed by atoms with E-state index >= 15 is 0 Å². The van der Waals surface area contributed by atoms with E-state index in [1.165, 1.54) is 19.2 Å². The van der Waals surface area contributed by atoms with Gasteiger partial charge in [0, 0.05) is 17.2 Å². The number of aldehydes is 1. The third-order valence-corrected chi connectivity index (χ3v) is 2.24. The van der Waals surface area contributed by atoms with Crippen LogP contribution in [0.2, 0.25) is 0 Å². The third kappa shape index (κ3) is 4.03. The number of esters is 1. The summed E-state index contributed by atoms with van der Waals surface area (Å²) < 4.78 is 9.60. The molecule has 0 bridgehead atoms. The molecule has 1 aromatic carbocycles. The Morgan fingerprint density at radius 3 is 2.79 bits per heavy atom. The molecule has 0 spiro atoms. The van der Waals surface area contributed by atoms with E-state index in [1.54, 1.807) is 6.92 Å². The van der Waals surface area contributed by atoms with E-state index in [-0.39, 0.29) is 23.5 Å². The Bertz CT molecular complexity index is 537. The molecule has 0 unspecified atom stereocenters. The molecule has 0 aromatic heterocycles. The van der Waals surface area contributed by atoms with E-state index < -0.39 is 5.97 Å². The van der Waals surface area contributed by atoms with Crippen LogP contribution in [0.4, 0.5) is 0 Å². The van der Waals surface area contributed by atoms with E-state index in [2.05, 4.69) is 11.8 Å². The summed E-state index contributed by atoms with van der Waals surface area (Å²) in [5, 5.41) is 9.60. The molecule has 0 aliphatic rings. The van der Waals surface area contributed by atoms with Gasteiger partial charge in [0.15, 0.2) is 17.8 Å². The molecule has 0 aliphatic heterocycles. The highest BCUT2D eigenvalue weighted by molar-refractivity contribution is 5.81. The van der Waals surface area contributed by atoms with E-state index in [1.807, 2.05) is 0 Å². The number of benzene rings is 1. The molecule has 1 aromatic rings. The molecule has 0 amide bonds. The minimum atomic E-state index is -0.430. The molecule has 0 fully saturated rings. The number of methoxy groups -OCH3 is 1. The van der Waals surface area contributed by atoms with Gasteiger partial charge in [0.25, 0.3) is 0 Å². The normalized spacial score (nSPS) is 9.16. The lowest BCUT2D eigenvalue weighted by Gasteiger charge is -2.05. The molecule has 100 valence electrons. The zero-order chi connectivity index (χ0) is 14.3. The van der Waals surface area contributed by atoms with Gasteiger partial charge in [-0.15, -0.1) is 0 Å². The second kappa shape index (κ2) is 7.07. The number of ether oxygens (including phenoxy) is 2. The number of hydrogen-bond acceptors (Lipinski definition) is 5. The van der Waals surface area contributed by atoms with Crippen molar-refractivity contribution in [1.29, 1.82) is 0 Å². The van der Waals surface area contributed by atoms with Crippen LogP contribution in [0, 0.1) is 11.8 Å². The van der Waals surface area contributed by atoms with Crippen LogP contribution in [0.15, 0.2) is 12.1 Å². The maximum absolute atomic E-state index is 11.1. The zero-order valence-corrected chi connectivity index (χ0v) is 10.7. The molecule has 0 aliphatic carbocycles. The van der Waals surface area contributed by atoms with Gasteiger partial charge in [-0.25, -0.2) is 0 Å². The van der Waals surface area contributed by atoms with Gasteiger partial charge in [-0.2, -0.15) is 0 Å². The lowest BCUT2D eigenvalue weighted by atomic mass is 10.1. The molecule has 5 nitrogen and oxygen atoms in total. The van der Waals surface area contributed by atoms with Crippen LogP contribution in [0.25, 0.3) is 0 Å². The van der Waals surface area contributed by atoms with Crippen molar-refractivity contribution in [3.8, 4) is 23.3 Å². The molecular formula is C14H14O5. The summed E-state index contributed by atoms with van der Waals surface area (Å²) >= 11 is 0. The van der Waals surface area contributed by atoms with Crippen LogP contribution in [0.5, 0.6) is 11.5 Å². The predicted octanol–water partition coefficient (Wildman–Crippen LogP) is 1.52. The summed E-state index contributed by atoms with van der Waals surface area (Å²) in [6.07, 6.45) is 0.537. The molecule has 0 saturated heterocycles. The summed E-state index contributed by atoms with van der Waals surface area (Å²) in [6, 6.07) is 2.71. The maximum Gasteiger partial charge on any atom is 0.317 e. The minimum Gasteiger partial charge on any atom is -0.504 e. The first-order valence-corrected chi connectivity index (χ1v) is 5.63. The fourth-order valence-corrected chi connectivity index (χ4v) is 1.38. The number of rotatable bonds is 4. The smallest absolute Gasteiger partial charge is 0.317 e. The first-order chi connectivity index (χ1) is 9.12. The number of carbonyl (C=O) groups excluding carboxylic acids is 2. The highest BCUT2D eigenvalue weighted by Crippen LogP contribution is 2.28. The molecule has 0 heterocycles. The van der Waals surface area contributed by atoms with E-state index in [9.17, 15) is 14.7 Å². The van der Waals surface area contributed by atoms with Crippen molar-refractivity contribution < 1.29 is 24.2 Å². The maximum atomic E-state index is 11.1. The SMILES string of the molecule is CCOC(=O)CC#Cc1cc(O)c(OC)cc1C=O. The third-order valence-electron chi connectivity index (χ3n) is 2.24. The lowest BCUT2D eigenvalue weighted by molar-refractivity contribution is -0.141. The summed E-state index contributed by atoms with van der Waals surface area (Å²) in [7, 11) is 1.38. The van der Waals surface area contributed by atoms with Crippen LogP contribution < -0.4 is 4.74 Å². The van der Waals surface area contributed by atoms with Gasteiger partial charge < -0.3 is 14.6 Å². The van der Waals surface area contributed by atoms with Gasteiger partial charge in [-0.1, -0.05) is 11.8 Å². The Kier molecular flexibility index (Phi) is 5.42. The fraction of sp³-hybridized carbons (Fsp3) is 0.286. The Balaban J connectivity index is 2.95. The first-order valence-electron chi connectivity index (χ1n) is 5.63. The van der Waals surface area contributed by atoms with Crippen LogP contribution in [0.1, 0.15) is 29.3 Å². The van der Waals surface area contributed by atoms with E-state index in [4.69, 9.17) is 9.47 Å². The monoisotopic (exact) mass is 262 g/mol. The average Bonchev–Trinajstić information content (AvgIpc) is 2.39. The largest absolute Gasteiger partial charge is 0.504 e. The fourth-order valence-electron chi connectivity index (χ4n) is 1.38. The molecule has 0 radical (unpaired) electrons. The Hall–Kier alpha value is -2.48. The standard InChI is InChI=1S/C14H14O5/c1-3-19-14(17)6-4-5-10-7-12(16)13(18-2)8-11(10)9-15/h7-9,16H,3,6H2,1-2H3. The van der Waals surface area contributed by atoms with Gasteiger partial charge >= 0.3 is 5.97 Å². The number of phenols is 1. The topological polar surface area (TPSA) is 72.8 Å². The Labute approximate surface area is 111 Å². The van der Waals surface area contributed by atoms with Crippen LogP contribution in [-0.2, 0) is 9.53 Å². The number of carbonyl (C=O) groups is 2. The van der Waals surface area contributed by atoms with Crippen molar-refractivity contribution >= 4 is 12.3 Å².